The van der Waals surface area contributed by atoms with Gasteiger partial charge >= 0.3 is 0 Å². The molecule has 0 atom stereocenters. The molecule has 0 aromatic heterocycles. The van der Waals surface area contributed by atoms with Crippen LogP contribution in [-0.4, -0.2) is 31.2 Å². The molecule has 108 valence electrons. The third-order valence-electron chi connectivity index (χ3n) is 2.42. The first kappa shape index (κ1) is 18.4. The Morgan fingerprint density at radius 1 is 0.800 bits per heavy atom. The Morgan fingerprint density at radius 3 is 1.35 bits per heavy atom. The predicted molar refractivity (Wildman–Crippen MR) is 102 cm³/mol. The van der Waals surface area contributed by atoms with Crippen LogP contribution in [-0.2, 0) is 0 Å². The summed E-state index contributed by atoms with van der Waals surface area (Å²) < 4.78 is 1.35. The Balaban J connectivity index is 3.88. The molecule has 0 heterocycles. The van der Waals surface area contributed by atoms with Crippen LogP contribution in [0, 0.1) is 10.7 Å². The highest BCUT2D eigenvalue weighted by Crippen LogP contribution is 2.33. The predicted octanol–water partition coefficient (Wildman–Crippen LogP) is 2.60. The minimum absolute atomic E-state index is 0.172. The monoisotopic (exact) mass is 632 g/mol. The van der Waals surface area contributed by atoms with Gasteiger partial charge < -0.3 is 10.6 Å². The molecule has 9 heteroatoms. The second-order valence-electron chi connectivity index (χ2n) is 3.50. The molecule has 0 aliphatic rings. The van der Waals surface area contributed by atoms with Crippen molar-refractivity contribution in [3.05, 3.63) is 27.4 Å². The van der Waals surface area contributed by atoms with Gasteiger partial charge in [-0.25, -0.2) is 0 Å². The van der Waals surface area contributed by atoms with Gasteiger partial charge in [0.05, 0.1) is 16.7 Å². The maximum absolute atomic E-state index is 12.0. The quantitative estimate of drug-likeness (QED) is 0.398. The number of amides is 2. The van der Waals surface area contributed by atoms with Crippen LogP contribution in [0.3, 0.4) is 0 Å². The fourth-order valence-corrected chi connectivity index (χ4v) is 6.63. The molecule has 0 aliphatic carbocycles. The average molecular weight is 632 g/mol. The Hall–Kier alpha value is 0.310. The molecule has 0 aliphatic heterocycles. The number of benzene rings is 1. The minimum Gasteiger partial charge on any atom is -0.355 e. The molecular weight excluding hydrogens is 624 g/mol. The molecule has 0 saturated heterocycles. The molecule has 5 nitrogen and oxygen atoms in total. The third kappa shape index (κ3) is 3.38. The molecule has 2 amide bonds. The minimum atomic E-state index is -0.703. The first-order valence-corrected chi connectivity index (χ1v) is 8.73. The van der Waals surface area contributed by atoms with Gasteiger partial charge in [-0.05, 0) is 79.4 Å². The van der Waals surface area contributed by atoms with Crippen molar-refractivity contribution in [3.63, 3.8) is 0 Å². The lowest BCUT2D eigenvalue weighted by Crippen LogP contribution is -2.27. The standard InChI is InChI=1S/C11H8ClI3N2O3/c1-16-10(19)4-6(13)3(9(12)18)7(14)5(8(4)15)11(20)17-2/h1-2H3,(H,16,19)(H,17,20). The van der Waals surface area contributed by atoms with Crippen LogP contribution in [0.1, 0.15) is 31.1 Å². The lowest BCUT2D eigenvalue weighted by molar-refractivity contribution is 0.0960. The summed E-state index contributed by atoms with van der Waals surface area (Å²) >= 11 is 11.3. The number of hydrogen-bond acceptors (Lipinski definition) is 3. The van der Waals surface area contributed by atoms with Crippen LogP contribution in [0.5, 0.6) is 0 Å². The van der Waals surface area contributed by atoms with Crippen molar-refractivity contribution in [2.75, 3.05) is 14.1 Å². The van der Waals surface area contributed by atoms with Gasteiger partial charge in [0.2, 0.25) is 0 Å². The zero-order valence-electron chi connectivity index (χ0n) is 10.2. The summed E-state index contributed by atoms with van der Waals surface area (Å²) in [6, 6.07) is 0. The zero-order chi connectivity index (χ0) is 15.6. The Morgan fingerprint density at radius 2 is 1.10 bits per heavy atom. The number of carbonyl (C=O) groups is 3. The molecule has 0 saturated carbocycles. The molecule has 1 rings (SSSR count). The molecule has 0 bridgehead atoms. The maximum Gasteiger partial charge on any atom is 0.254 e. The van der Waals surface area contributed by atoms with E-state index in [1.54, 1.807) is 0 Å². The number of nitrogens with one attached hydrogen (secondary N) is 2. The van der Waals surface area contributed by atoms with Crippen molar-refractivity contribution in [2.24, 2.45) is 0 Å². The highest BCUT2D eigenvalue weighted by Gasteiger charge is 2.29. The van der Waals surface area contributed by atoms with E-state index in [1.807, 2.05) is 67.8 Å². The van der Waals surface area contributed by atoms with Gasteiger partial charge in [0, 0.05) is 24.8 Å². The lowest BCUT2D eigenvalue weighted by Gasteiger charge is -2.16. The molecule has 2 N–H and O–H groups in total. The van der Waals surface area contributed by atoms with Crippen molar-refractivity contribution in [1.82, 2.24) is 10.6 Å². The first-order chi connectivity index (χ1) is 9.27. The molecule has 0 radical (unpaired) electrons. The van der Waals surface area contributed by atoms with Gasteiger partial charge in [-0.1, -0.05) is 0 Å². The van der Waals surface area contributed by atoms with Gasteiger partial charge in [0.15, 0.2) is 0 Å². The summed E-state index contributed by atoms with van der Waals surface area (Å²) in [5.74, 6) is -0.751. The molecule has 1 aromatic rings. The van der Waals surface area contributed by atoms with Crippen molar-refractivity contribution in [1.29, 1.82) is 0 Å². The second-order valence-corrected chi connectivity index (χ2v) is 7.08. The van der Waals surface area contributed by atoms with E-state index >= 15 is 0 Å². The molecule has 0 fully saturated rings. The molecule has 20 heavy (non-hydrogen) atoms. The third-order valence-corrected chi connectivity index (χ3v) is 5.85. The van der Waals surface area contributed by atoms with Crippen molar-refractivity contribution in [2.45, 2.75) is 0 Å². The smallest absolute Gasteiger partial charge is 0.254 e. The SMILES string of the molecule is CNC(=O)c1c(I)c(C(=O)Cl)c(I)c(C(=O)NC)c1I. The largest absolute Gasteiger partial charge is 0.355 e. The number of carbonyl (C=O) groups excluding carboxylic acids is 3. The van der Waals surface area contributed by atoms with E-state index < -0.39 is 5.24 Å². The lowest BCUT2D eigenvalue weighted by atomic mass is 10.0. The number of halogens is 4. The van der Waals surface area contributed by atoms with E-state index in [9.17, 15) is 14.4 Å². The van der Waals surface area contributed by atoms with Gasteiger partial charge in [0.1, 0.15) is 0 Å². The Kier molecular flexibility index (Phi) is 6.92. The highest BCUT2D eigenvalue weighted by atomic mass is 127. The van der Waals surface area contributed by atoms with E-state index in [2.05, 4.69) is 10.6 Å². The van der Waals surface area contributed by atoms with E-state index in [0.717, 1.165) is 0 Å². The van der Waals surface area contributed by atoms with Crippen molar-refractivity contribution < 1.29 is 14.4 Å². The number of rotatable bonds is 3. The van der Waals surface area contributed by atoms with Crippen LogP contribution in [0.15, 0.2) is 0 Å². The van der Waals surface area contributed by atoms with Crippen LogP contribution >= 0.6 is 79.4 Å². The van der Waals surface area contributed by atoms with Gasteiger partial charge in [0.25, 0.3) is 17.1 Å². The van der Waals surface area contributed by atoms with E-state index in [-0.39, 0.29) is 28.5 Å². The van der Waals surface area contributed by atoms with Gasteiger partial charge in [-0.15, -0.1) is 0 Å². The maximum atomic E-state index is 12.0. The van der Waals surface area contributed by atoms with E-state index in [4.69, 9.17) is 11.6 Å². The molecule has 0 unspecified atom stereocenters. The fraction of sp³-hybridized carbons (Fsp3) is 0.182. The summed E-state index contributed by atoms with van der Waals surface area (Å²) in [7, 11) is 2.96. The summed E-state index contributed by atoms with van der Waals surface area (Å²) in [5, 5.41) is 4.29. The van der Waals surface area contributed by atoms with E-state index in [1.165, 1.54) is 14.1 Å². The molecular formula is C11H8ClI3N2O3. The summed E-state index contributed by atoms with van der Waals surface area (Å²) in [6.07, 6.45) is 0. The first-order valence-electron chi connectivity index (χ1n) is 5.12. The van der Waals surface area contributed by atoms with Crippen LogP contribution in [0.4, 0.5) is 0 Å². The van der Waals surface area contributed by atoms with Crippen LogP contribution in [0.25, 0.3) is 0 Å². The van der Waals surface area contributed by atoms with Gasteiger partial charge in [-0.3, -0.25) is 14.4 Å². The zero-order valence-corrected chi connectivity index (χ0v) is 17.5. The van der Waals surface area contributed by atoms with Crippen LogP contribution < -0.4 is 10.6 Å². The highest BCUT2D eigenvalue weighted by molar-refractivity contribution is 14.1. The molecule has 0 spiro atoms. The van der Waals surface area contributed by atoms with Crippen LogP contribution in [0.2, 0.25) is 0 Å². The summed E-state index contributed by atoms with van der Waals surface area (Å²) in [4.78, 5) is 35.6. The molecule has 1 aromatic carbocycles. The van der Waals surface area contributed by atoms with Gasteiger partial charge in [-0.2, -0.15) is 0 Å². The second kappa shape index (κ2) is 7.54. The topological polar surface area (TPSA) is 75.3 Å². The van der Waals surface area contributed by atoms with Crippen molar-refractivity contribution >= 4 is 96.4 Å². The normalized spacial score (nSPS) is 10.1. The van der Waals surface area contributed by atoms with E-state index in [0.29, 0.717) is 10.7 Å². The Bertz CT molecular complexity index is 576. The van der Waals surface area contributed by atoms with Crippen molar-refractivity contribution in [3.8, 4) is 0 Å². The summed E-state index contributed by atoms with van der Waals surface area (Å²) in [6.45, 7) is 0. The number of hydrogen-bond donors (Lipinski definition) is 2. The Labute approximate surface area is 161 Å². The summed E-state index contributed by atoms with van der Waals surface area (Å²) in [5.41, 5.74) is 0.721. The fourth-order valence-electron chi connectivity index (χ4n) is 1.49. The average Bonchev–Trinajstić information content (AvgIpc) is 2.37.